The van der Waals surface area contributed by atoms with Crippen LogP contribution in [0.1, 0.15) is 13.8 Å². The van der Waals surface area contributed by atoms with Crippen molar-refractivity contribution < 1.29 is 4.74 Å². The third kappa shape index (κ3) is 2.12. The second kappa shape index (κ2) is 3.93. The van der Waals surface area contributed by atoms with Crippen LogP contribution in [0.4, 0.5) is 0 Å². The molecule has 0 heterocycles. The smallest absolute Gasteiger partial charge is 0.131 e. The monoisotopic (exact) mass is 200 g/mol. The third-order valence-electron chi connectivity index (χ3n) is 2.92. The van der Waals surface area contributed by atoms with Gasteiger partial charge in [-0.15, -0.1) is 0 Å². The van der Waals surface area contributed by atoms with Gasteiger partial charge in [0.15, 0.2) is 0 Å². The Balaban J connectivity index is 2.18. The molecule has 1 aliphatic rings. The summed E-state index contributed by atoms with van der Waals surface area (Å²) >= 11 is 0. The summed E-state index contributed by atoms with van der Waals surface area (Å²) in [6.45, 7) is 4.29. The summed E-state index contributed by atoms with van der Waals surface area (Å²) in [5.74, 6) is 1.31. The van der Waals surface area contributed by atoms with Crippen molar-refractivity contribution in [3.8, 4) is 5.75 Å². The Bertz CT molecular complexity index is 378. The fraction of sp³-hybridized carbons (Fsp3) is 0.286. The van der Waals surface area contributed by atoms with E-state index in [2.05, 4.69) is 32.1 Å². The van der Waals surface area contributed by atoms with Gasteiger partial charge in [0.25, 0.3) is 0 Å². The molecule has 78 valence electrons. The number of rotatable bonds is 2. The highest BCUT2D eigenvalue weighted by molar-refractivity contribution is 5.27. The van der Waals surface area contributed by atoms with Gasteiger partial charge in [0, 0.05) is 5.92 Å². The molecule has 2 unspecified atom stereocenters. The van der Waals surface area contributed by atoms with Crippen molar-refractivity contribution >= 4 is 0 Å². The number of hydrogen-bond donors (Lipinski definition) is 0. The van der Waals surface area contributed by atoms with Gasteiger partial charge in [-0.05, 0) is 25.1 Å². The Labute approximate surface area is 91.1 Å². The van der Waals surface area contributed by atoms with Gasteiger partial charge in [0.05, 0.1) is 0 Å². The van der Waals surface area contributed by atoms with Crippen LogP contribution >= 0.6 is 0 Å². The Kier molecular flexibility index (Phi) is 2.63. The highest BCUT2D eigenvalue weighted by atomic mass is 16.5. The van der Waals surface area contributed by atoms with E-state index >= 15 is 0 Å². The molecule has 0 saturated carbocycles. The van der Waals surface area contributed by atoms with Crippen molar-refractivity contribution in [2.24, 2.45) is 5.92 Å². The Morgan fingerprint density at radius 2 is 1.87 bits per heavy atom. The number of para-hydroxylation sites is 1. The topological polar surface area (TPSA) is 9.23 Å². The van der Waals surface area contributed by atoms with E-state index in [0.717, 1.165) is 5.75 Å². The fourth-order valence-corrected chi connectivity index (χ4v) is 1.69. The van der Waals surface area contributed by atoms with E-state index in [1.165, 1.54) is 0 Å². The molecule has 1 aliphatic carbocycles. The lowest BCUT2D eigenvalue weighted by atomic mass is 9.87. The zero-order valence-electron chi connectivity index (χ0n) is 9.18. The van der Waals surface area contributed by atoms with Gasteiger partial charge in [0.2, 0.25) is 0 Å². The van der Waals surface area contributed by atoms with Crippen LogP contribution in [-0.4, -0.2) is 5.60 Å². The molecule has 0 amide bonds. The highest BCUT2D eigenvalue weighted by Crippen LogP contribution is 2.29. The first kappa shape index (κ1) is 10.0. The molecule has 0 aromatic heterocycles. The SMILES string of the molecule is CC1C=CC=CC1(C)Oc1ccccc1. The van der Waals surface area contributed by atoms with Gasteiger partial charge in [0.1, 0.15) is 11.4 Å². The summed E-state index contributed by atoms with van der Waals surface area (Å²) in [6, 6.07) is 9.96. The summed E-state index contributed by atoms with van der Waals surface area (Å²) in [7, 11) is 0. The largest absolute Gasteiger partial charge is 0.483 e. The standard InChI is InChI=1S/C14H16O/c1-12-8-6-7-11-14(12,2)15-13-9-4-3-5-10-13/h3-12H,1-2H3. The summed E-state index contributed by atoms with van der Waals surface area (Å²) in [5, 5.41) is 0. The molecule has 15 heavy (non-hydrogen) atoms. The van der Waals surface area contributed by atoms with Crippen molar-refractivity contribution in [3.63, 3.8) is 0 Å². The lowest BCUT2D eigenvalue weighted by Crippen LogP contribution is -2.37. The normalized spacial score (nSPS) is 29.1. The minimum Gasteiger partial charge on any atom is -0.483 e. The number of ether oxygens (including phenoxy) is 1. The molecule has 2 rings (SSSR count). The molecule has 0 spiro atoms. The molecule has 0 bridgehead atoms. The van der Waals surface area contributed by atoms with Gasteiger partial charge >= 0.3 is 0 Å². The number of benzene rings is 1. The first-order valence-corrected chi connectivity index (χ1v) is 5.31. The van der Waals surface area contributed by atoms with Crippen LogP contribution in [0.2, 0.25) is 0 Å². The molecule has 1 aromatic rings. The first-order valence-electron chi connectivity index (χ1n) is 5.31. The average molecular weight is 200 g/mol. The maximum atomic E-state index is 6.02. The van der Waals surface area contributed by atoms with Crippen molar-refractivity contribution in [1.29, 1.82) is 0 Å². The van der Waals surface area contributed by atoms with E-state index in [0.29, 0.717) is 5.92 Å². The highest BCUT2D eigenvalue weighted by Gasteiger charge is 2.30. The van der Waals surface area contributed by atoms with Gasteiger partial charge in [-0.1, -0.05) is 43.4 Å². The molecular weight excluding hydrogens is 184 g/mol. The minimum atomic E-state index is -0.226. The van der Waals surface area contributed by atoms with E-state index < -0.39 is 0 Å². The van der Waals surface area contributed by atoms with Crippen molar-refractivity contribution in [2.45, 2.75) is 19.4 Å². The molecule has 0 saturated heterocycles. The molecule has 1 heteroatoms. The van der Waals surface area contributed by atoms with E-state index in [9.17, 15) is 0 Å². The van der Waals surface area contributed by atoms with Crippen molar-refractivity contribution in [2.75, 3.05) is 0 Å². The zero-order chi connectivity index (χ0) is 10.7. The van der Waals surface area contributed by atoms with Crippen molar-refractivity contribution in [3.05, 3.63) is 54.6 Å². The molecule has 2 atom stereocenters. The van der Waals surface area contributed by atoms with Crippen molar-refractivity contribution in [1.82, 2.24) is 0 Å². The Morgan fingerprint density at radius 1 is 1.13 bits per heavy atom. The van der Waals surface area contributed by atoms with Gasteiger partial charge < -0.3 is 4.74 Å². The average Bonchev–Trinajstić information content (AvgIpc) is 2.24. The van der Waals surface area contributed by atoms with Crippen LogP contribution in [0.5, 0.6) is 5.75 Å². The summed E-state index contributed by atoms with van der Waals surface area (Å²) in [5.41, 5.74) is -0.226. The molecule has 1 nitrogen and oxygen atoms in total. The predicted octanol–water partition coefficient (Wildman–Crippen LogP) is 3.59. The second-order valence-electron chi connectivity index (χ2n) is 4.13. The fourth-order valence-electron chi connectivity index (χ4n) is 1.69. The van der Waals surface area contributed by atoms with Gasteiger partial charge in [-0.2, -0.15) is 0 Å². The summed E-state index contributed by atoms with van der Waals surface area (Å²) in [4.78, 5) is 0. The minimum absolute atomic E-state index is 0.226. The first-order chi connectivity index (χ1) is 7.21. The number of hydrogen-bond acceptors (Lipinski definition) is 1. The van der Waals surface area contributed by atoms with Crippen LogP contribution in [-0.2, 0) is 0 Å². The molecule has 0 N–H and O–H groups in total. The Morgan fingerprint density at radius 3 is 2.53 bits per heavy atom. The van der Waals surface area contributed by atoms with Gasteiger partial charge in [-0.3, -0.25) is 0 Å². The van der Waals surface area contributed by atoms with E-state index in [-0.39, 0.29) is 5.60 Å². The molecule has 0 aliphatic heterocycles. The third-order valence-corrected chi connectivity index (χ3v) is 2.92. The number of allylic oxidation sites excluding steroid dienone is 2. The van der Waals surface area contributed by atoms with E-state index in [4.69, 9.17) is 4.74 Å². The summed E-state index contributed by atoms with van der Waals surface area (Å²) in [6.07, 6.45) is 8.40. The van der Waals surface area contributed by atoms with Crippen LogP contribution in [0.3, 0.4) is 0 Å². The second-order valence-corrected chi connectivity index (χ2v) is 4.13. The quantitative estimate of drug-likeness (QED) is 0.709. The zero-order valence-corrected chi connectivity index (χ0v) is 9.18. The van der Waals surface area contributed by atoms with Crippen LogP contribution in [0.15, 0.2) is 54.6 Å². The van der Waals surface area contributed by atoms with E-state index in [1.807, 2.05) is 36.4 Å². The van der Waals surface area contributed by atoms with Gasteiger partial charge in [-0.25, -0.2) is 0 Å². The molecular formula is C14H16O. The predicted molar refractivity (Wildman–Crippen MR) is 62.9 cm³/mol. The maximum absolute atomic E-state index is 6.02. The molecule has 0 fully saturated rings. The van der Waals surface area contributed by atoms with Crippen LogP contribution in [0, 0.1) is 5.92 Å². The lowest BCUT2D eigenvalue weighted by Gasteiger charge is -2.33. The summed E-state index contributed by atoms with van der Waals surface area (Å²) < 4.78 is 6.02. The molecule has 0 radical (unpaired) electrons. The maximum Gasteiger partial charge on any atom is 0.131 e. The lowest BCUT2D eigenvalue weighted by molar-refractivity contribution is 0.101. The van der Waals surface area contributed by atoms with Crippen LogP contribution in [0.25, 0.3) is 0 Å². The molecule has 1 aromatic carbocycles. The van der Waals surface area contributed by atoms with Crippen LogP contribution < -0.4 is 4.74 Å². The van der Waals surface area contributed by atoms with E-state index in [1.54, 1.807) is 0 Å². The Hall–Kier alpha value is -1.50.